The van der Waals surface area contributed by atoms with Gasteiger partial charge in [0.05, 0.1) is 12.7 Å². The van der Waals surface area contributed by atoms with Crippen LogP contribution in [-0.2, 0) is 11.3 Å². The highest BCUT2D eigenvalue weighted by Gasteiger charge is 2.15. The maximum atomic E-state index is 6.08. The zero-order valence-corrected chi connectivity index (χ0v) is 13.1. The van der Waals surface area contributed by atoms with Gasteiger partial charge in [-0.1, -0.05) is 6.07 Å². The van der Waals surface area contributed by atoms with E-state index in [1.165, 1.54) is 16.9 Å². The molecule has 0 saturated carbocycles. The number of anilines is 2. The number of ether oxygens (including phenoxy) is 1. The zero-order valence-electron chi connectivity index (χ0n) is 13.1. The number of nitrogens with zero attached hydrogens (tertiary/aromatic N) is 2. The third kappa shape index (κ3) is 3.87. The van der Waals surface area contributed by atoms with E-state index in [2.05, 4.69) is 61.5 Å². The van der Waals surface area contributed by atoms with Gasteiger partial charge in [-0.15, -0.1) is 0 Å². The molecule has 2 rings (SSSR count). The smallest absolute Gasteiger partial charge is 0.0740 e. The fraction of sp³-hybridized carbons (Fsp3) is 0.625. The number of nitrogens with one attached hydrogen (secondary N) is 1. The summed E-state index contributed by atoms with van der Waals surface area (Å²) in [6, 6.07) is 6.57. The van der Waals surface area contributed by atoms with Gasteiger partial charge in [0.25, 0.3) is 0 Å². The summed E-state index contributed by atoms with van der Waals surface area (Å²) in [5.41, 5.74) is 3.73. The zero-order chi connectivity index (χ0) is 14.5. The average Bonchev–Trinajstić information content (AvgIpc) is 2.45. The highest BCUT2D eigenvalue weighted by Crippen LogP contribution is 2.26. The van der Waals surface area contributed by atoms with E-state index in [0.29, 0.717) is 12.7 Å². The van der Waals surface area contributed by atoms with Crippen LogP contribution in [0.1, 0.15) is 18.4 Å². The maximum absolute atomic E-state index is 6.08. The molecule has 0 bridgehead atoms. The largest absolute Gasteiger partial charge is 0.378 e. The Morgan fingerprint density at radius 2 is 1.80 bits per heavy atom. The predicted octanol–water partition coefficient (Wildman–Crippen LogP) is 2.09. The summed E-state index contributed by atoms with van der Waals surface area (Å²) in [5, 5.41) is 3.37. The van der Waals surface area contributed by atoms with Crippen LogP contribution >= 0.6 is 0 Å². The molecular formula is C16H27N3O. The van der Waals surface area contributed by atoms with Crippen molar-refractivity contribution in [2.45, 2.75) is 25.6 Å². The molecule has 1 saturated heterocycles. The summed E-state index contributed by atoms with van der Waals surface area (Å²) in [6.45, 7) is 2.85. The third-order valence-electron chi connectivity index (χ3n) is 3.83. The van der Waals surface area contributed by atoms with Gasteiger partial charge < -0.3 is 19.9 Å². The molecule has 1 heterocycles. The summed E-state index contributed by atoms with van der Waals surface area (Å²) in [5.74, 6) is 0. The van der Waals surface area contributed by atoms with Crippen LogP contribution in [0.2, 0.25) is 0 Å². The van der Waals surface area contributed by atoms with Crippen molar-refractivity contribution < 1.29 is 4.74 Å². The maximum Gasteiger partial charge on any atom is 0.0740 e. The standard InChI is InChI=1S/C16H27N3O/c1-18(2)14-6-5-13(16(11-14)19(3)4)12-20-15-7-9-17-10-8-15/h5-6,11,15,17H,7-10,12H2,1-4H3. The van der Waals surface area contributed by atoms with E-state index in [-0.39, 0.29) is 0 Å². The lowest BCUT2D eigenvalue weighted by Gasteiger charge is -2.25. The summed E-state index contributed by atoms with van der Waals surface area (Å²) in [4.78, 5) is 4.29. The first-order valence-electron chi connectivity index (χ1n) is 7.38. The van der Waals surface area contributed by atoms with Crippen LogP contribution in [0, 0.1) is 0 Å². The van der Waals surface area contributed by atoms with Crippen LogP contribution in [0.15, 0.2) is 18.2 Å². The van der Waals surface area contributed by atoms with E-state index in [0.717, 1.165) is 25.9 Å². The Morgan fingerprint density at radius 1 is 1.10 bits per heavy atom. The van der Waals surface area contributed by atoms with Crippen LogP contribution in [0.5, 0.6) is 0 Å². The van der Waals surface area contributed by atoms with Crippen LogP contribution in [0.3, 0.4) is 0 Å². The van der Waals surface area contributed by atoms with E-state index in [1.807, 2.05) is 0 Å². The molecule has 112 valence electrons. The first-order chi connectivity index (χ1) is 9.58. The molecule has 4 heteroatoms. The number of hydrogen-bond acceptors (Lipinski definition) is 4. The molecule has 0 spiro atoms. The van der Waals surface area contributed by atoms with Gasteiger partial charge in [-0.3, -0.25) is 0 Å². The van der Waals surface area contributed by atoms with Crippen molar-refractivity contribution >= 4 is 11.4 Å². The summed E-state index contributed by atoms with van der Waals surface area (Å²) >= 11 is 0. The van der Waals surface area contributed by atoms with Crippen molar-refractivity contribution in [1.82, 2.24) is 5.32 Å². The van der Waals surface area contributed by atoms with Crippen LogP contribution in [0.4, 0.5) is 11.4 Å². The Labute approximate surface area is 122 Å². The Kier molecular flexibility index (Phi) is 5.26. The molecule has 4 nitrogen and oxygen atoms in total. The number of hydrogen-bond donors (Lipinski definition) is 1. The molecule has 1 fully saturated rings. The summed E-state index contributed by atoms with van der Waals surface area (Å²) in [6.07, 6.45) is 2.64. The summed E-state index contributed by atoms with van der Waals surface area (Å²) < 4.78 is 6.08. The van der Waals surface area contributed by atoms with Crippen LogP contribution < -0.4 is 15.1 Å². The van der Waals surface area contributed by atoms with Crippen molar-refractivity contribution in [3.63, 3.8) is 0 Å². The van der Waals surface area contributed by atoms with Gasteiger partial charge in [0.15, 0.2) is 0 Å². The molecule has 0 amide bonds. The summed E-state index contributed by atoms with van der Waals surface area (Å²) in [7, 11) is 8.31. The highest BCUT2D eigenvalue weighted by atomic mass is 16.5. The van der Waals surface area contributed by atoms with Crippen molar-refractivity contribution in [2.75, 3.05) is 51.1 Å². The van der Waals surface area contributed by atoms with E-state index in [9.17, 15) is 0 Å². The second-order valence-corrected chi connectivity index (χ2v) is 5.86. The number of benzene rings is 1. The van der Waals surface area contributed by atoms with Crippen LogP contribution in [0.25, 0.3) is 0 Å². The highest BCUT2D eigenvalue weighted by molar-refractivity contribution is 5.62. The van der Waals surface area contributed by atoms with Gasteiger partial charge in [0, 0.05) is 45.1 Å². The molecule has 0 atom stereocenters. The minimum atomic E-state index is 0.403. The topological polar surface area (TPSA) is 27.7 Å². The fourth-order valence-electron chi connectivity index (χ4n) is 2.54. The molecule has 1 aromatic rings. The quantitative estimate of drug-likeness (QED) is 0.892. The molecule has 0 unspecified atom stereocenters. The normalized spacial score (nSPS) is 16.2. The van der Waals surface area contributed by atoms with Gasteiger partial charge in [-0.25, -0.2) is 0 Å². The molecular weight excluding hydrogens is 250 g/mol. The first-order valence-corrected chi connectivity index (χ1v) is 7.38. The molecule has 1 aliphatic heterocycles. The fourth-order valence-corrected chi connectivity index (χ4v) is 2.54. The number of piperidine rings is 1. The van der Waals surface area contributed by atoms with Gasteiger partial charge in [0.2, 0.25) is 0 Å². The van der Waals surface area contributed by atoms with E-state index in [1.54, 1.807) is 0 Å². The Bertz CT molecular complexity index is 426. The Morgan fingerprint density at radius 3 is 2.40 bits per heavy atom. The minimum Gasteiger partial charge on any atom is -0.378 e. The second-order valence-electron chi connectivity index (χ2n) is 5.86. The predicted molar refractivity (Wildman–Crippen MR) is 85.8 cm³/mol. The molecule has 1 N–H and O–H groups in total. The molecule has 1 aromatic carbocycles. The van der Waals surface area contributed by atoms with Crippen molar-refractivity contribution in [3.05, 3.63) is 23.8 Å². The van der Waals surface area contributed by atoms with E-state index < -0.39 is 0 Å². The monoisotopic (exact) mass is 277 g/mol. The van der Waals surface area contributed by atoms with Gasteiger partial charge in [0.1, 0.15) is 0 Å². The van der Waals surface area contributed by atoms with Gasteiger partial charge in [-0.05, 0) is 38.1 Å². The lowest BCUT2D eigenvalue weighted by molar-refractivity contribution is 0.0214. The lowest BCUT2D eigenvalue weighted by atomic mass is 10.1. The first kappa shape index (κ1) is 15.1. The molecule has 0 aromatic heterocycles. The van der Waals surface area contributed by atoms with E-state index >= 15 is 0 Å². The van der Waals surface area contributed by atoms with Gasteiger partial charge in [-0.2, -0.15) is 0 Å². The minimum absolute atomic E-state index is 0.403. The Hall–Kier alpha value is -1.26. The third-order valence-corrected chi connectivity index (χ3v) is 3.83. The molecule has 1 aliphatic rings. The van der Waals surface area contributed by atoms with Crippen molar-refractivity contribution in [3.8, 4) is 0 Å². The SMILES string of the molecule is CN(C)c1ccc(COC2CCNCC2)c(N(C)C)c1. The van der Waals surface area contributed by atoms with Crippen molar-refractivity contribution in [1.29, 1.82) is 0 Å². The van der Waals surface area contributed by atoms with Crippen LogP contribution in [-0.4, -0.2) is 47.4 Å². The van der Waals surface area contributed by atoms with Gasteiger partial charge >= 0.3 is 0 Å². The molecule has 0 radical (unpaired) electrons. The average molecular weight is 277 g/mol. The van der Waals surface area contributed by atoms with Crippen molar-refractivity contribution in [2.24, 2.45) is 0 Å². The molecule has 20 heavy (non-hydrogen) atoms. The lowest BCUT2D eigenvalue weighted by Crippen LogP contribution is -2.32. The van der Waals surface area contributed by atoms with E-state index in [4.69, 9.17) is 4.74 Å². The Balaban J connectivity index is 2.05. The second kappa shape index (κ2) is 6.95. The molecule has 0 aliphatic carbocycles. The number of rotatable bonds is 5.